The zero-order chi connectivity index (χ0) is 10.8. The first-order valence-electron chi connectivity index (χ1n) is 5.77. The van der Waals surface area contributed by atoms with E-state index in [1.54, 1.807) is 0 Å². The lowest BCUT2D eigenvalue weighted by Gasteiger charge is -2.26. The minimum atomic E-state index is 0.345. The Morgan fingerprint density at radius 3 is 3.00 bits per heavy atom. The predicted molar refractivity (Wildman–Crippen MR) is 63.7 cm³/mol. The summed E-state index contributed by atoms with van der Waals surface area (Å²) in [5.41, 5.74) is 6.07. The van der Waals surface area contributed by atoms with Gasteiger partial charge in [-0.25, -0.2) is 0 Å². The van der Waals surface area contributed by atoms with Crippen LogP contribution in [0.5, 0.6) is 0 Å². The van der Waals surface area contributed by atoms with Gasteiger partial charge < -0.3 is 5.43 Å². The lowest BCUT2D eigenvalue weighted by Crippen LogP contribution is -2.24. The average molecular weight is 213 g/mol. The van der Waals surface area contributed by atoms with Crippen LogP contribution in [-0.4, -0.2) is 9.66 Å². The molecule has 0 aromatic carbocycles. The Kier molecular flexibility index (Phi) is 2.37. The average Bonchev–Trinajstić information content (AvgIpc) is 2.82. The van der Waals surface area contributed by atoms with Gasteiger partial charge in [-0.05, 0) is 43.0 Å². The van der Waals surface area contributed by atoms with Gasteiger partial charge in [-0.1, -0.05) is 6.07 Å². The summed E-state index contributed by atoms with van der Waals surface area (Å²) in [4.78, 5) is 4.51. The fourth-order valence-electron chi connectivity index (χ4n) is 2.34. The normalized spacial score (nSPS) is 19.1. The van der Waals surface area contributed by atoms with E-state index < -0.39 is 0 Å². The number of hydrogen-bond acceptors (Lipinski definition) is 2. The van der Waals surface area contributed by atoms with Gasteiger partial charge in [0.05, 0.1) is 11.7 Å². The van der Waals surface area contributed by atoms with E-state index in [1.807, 2.05) is 41.5 Å². The molecule has 82 valence electrons. The molecule has 3 rings (SSSR count). The Balaban J connectivity index is 1.87. The molecule has 1 N–H and O–H groups in total. The van der Waals surface area contributed by atoms with E-state index in [0.29, 0.717) is 6.04 Å². The first-order valence-corrected chi connectivity index (χ1v) is 5.77. The summed E-state index contributed by atoms with van der Waals surface area (Å²) in [6.07, 6.45) is 9.48. The van der Waals surface area contributed by atoms with Gasteiger partial charge in [0.15, 0.2) is 0 Å². The van der Waals surface area contributed by atoms with E-state index >= 15 is 0 Å². The number of nitrogens with one attached hydrogen (secondary N) is 1. The smallest absolute Gasteiger partial charge is 0.0847 e. The van der Waals surface area contributed by atoms with Gasteiger partial charge in [-0.15, -0.1) is 0 Å². The van der Waals surface area contributed by atoms with Crippen LogP contribution in [0.1, 0.15) is 30.1 Å². The highest BCUT2D eigenvalue weighted by Gasteiger charge is 2.20. The highest BCUT2D eigenvalue weighted by Crippen LogP contribution is 2.28. The molecule has 0 aliphatic heterocycles. The van der Waals surface area contributed by atoms with Crippen molar-refractivity contribution in [3.8, 4) is 0 Å². The van der Waals surface area contributed by atoms with Crippen molar-refractivity contribution >= 4 is 0 Å². The Labute approximate surface area is 95.1 Å². The predicted octanol–water partition coefficient (Wildman–Crippen LogP) is 2.50. The van der Waals surface area contributed by atoms with Crippen LogP contribution in [0.25, 0.3) is 0 Å². The third-order valence-electron chi connectivity index (χ3n) is 3.10. The summed E-state index contributed by atoms with van der Waals surface area (Å²) in [5.74, 6) is 0. The van der Waals surface area contributed by atoms with Crippen LogP contribution < -0.4 is 5.43 Å². The zero-order valence-corrected chi connectivity index (χ0v) is 9.13. The molecule has 3 nitrogen and oxygen atoms in total. The first kappa shape index (κ1) is 9.46. The summed E-state index contributed by atoms with van der Waals surface area (Å²) < 4.78 is 2.01. The second kappa shape index (κ2) is 4.00. The highest BCUT2D eigenvalue weighted by molar-refractivity contribution is 5.27. The molecule has 2 heterocycles. The van der Waals surface area contributed by atoms with Gasteiger partial charge in [0.1, 0.15) is 0 Å². The number of hydrogen-bond donors (Lipinski definition) is 1. The molecule has 16 heavy (non-hydrogen) atoms. The number of aryl methyl sites for hydroxylation is 1. The number of pyridine rings is 1. The van der Waals surface area contributed by atoms with E-state index in [1.165, 1.54) is 17.7 Å². The molecule has 1 unspecified atom stereocenters. The van der Waals surface area contributed by atoms with Gasteiger partial charge in [0.2, 0.25) is 0 Å². The lowest BCUT2D eigenvalue weighted by atomic mass is 9.92. The van der Waals surface area contributed by atoms with Crippen LogP contribution in [0.15, 0.2) is 42.9 Å². The van der Waals surface area contributed by atoms with Crippen molar-refractivity contribution < 1.29 is 0 Å². The van der Waals surface area contributed by atoms with Gasteiger partial charge in [0.25, 0.3) is 0 Å². The van der Waals surface area contributed by atoms with Crippen LogP contribution in [0.2, 0.25) is 0 Å². The monoisotopic (exact) mass is 213 g/mol. The fourth-order valence-corrected chi connectivity index (χ4v) is 2.34. The van der Waals surface area contributed by atoms with Crippen molar-refractivity contribution in [2.24, 2.45) is 0 Å². The summed E-state index contributed by atoms with van der Waals surface area (Å²) in [6.45, 7) is 0. The van der Waals surface area contributed by atoms with Crippen molar-refractivity contribution in [1.82, 2.24) is 9.66 Å². The summed E-state index contributed by atoms with van der Waals surface area (Å²) in [6, 6.07) is 8.60. The van der Waals surface area contributed by atoms with Gasteiger partial charge in [0, 0.05) is 18.6 Å². The maximum absolute atomic E-state index is 4.51. The lowest BCUT2D eigenvalue weighted by molar-refractivity contribution is 0.541. The van der Waals surface area contributed by atoms with Crippen LogP contribution in [0, 0.1) is 0 Å². The Morgan fingerprint density at radius 2 is 2.12 bits per heavy atom. The number of aromatic nitrogens is 2. The molecule has 1 atom stereocenters. The molecule has 0 radical (unpaired) electrons. The van der Waals surface area contributed by atoms with Crippen molar-refractivity contribution in [3.63, 3.8) is 0 Å². The Morgan fingerprint density at radius 1 is 1.25 bits per heavy atom. The maximum Gasteiger partial charge on any atom is 0.0847 e. The third-order valence-corrected chi connectivity index (χ3v) is 3.10. The second-order valence-electron chi connectivity index (χ2n) is 4.21. The standard InChI is InChI=1S/C13H15N3/c1-2-10-16(9-1)15-12-7-3-5-11-6-4-8-14-13(11)12/h1-2,4,6,8-10,12,15H,3,5,7H2. The van der Waals surface area contributed by atoms with Crippen LogP contribution in [-0.2, 0) is 6.42 Å². The molecule has 1 aliphatic rings. The van der Waals surface area contributed by atoms with E-state index in [9.17, 15) is 0 Å². The minimum absolute atomic E-state index is 0.345. The van der Waals surface area contributed by atoms with Gasteiger partial charge >= 0.3 is 0 Å². The molecule has 1 aliphatic carbocycles. The molecular formula is C13H15N3. The largest absolute Gasteiger partial charge is 0.317 e. The molecule has 3 heteroatoms. The minimum Gasteiger partial charge on any atom is -0.317 e. The van der Waals surface area contributed by atoms with E-state index in [0.717, 1.165) is 12.8 Å². The number of rotatable bonds is 2. The van der Waals surface area contributed by atoms with Crippen molar-refractivity contribution in [1.29, 1.82) is 0 Å². The molecule has 2 aromatic rings. The molecule has 0 fully saturated rings. The summed E-state index contributed by atoms with van der Waals surface area (Å²) in [7, 11) is 0. The number of fused-ring (bicyclic) bond motifs is 1. The van der Waals surface area contributed by atoms with Crippen LogP contribution in [0.4, 0.5) is 0 Å². The van der Waals surface area contributed by atoms with Crippen LogP contribution in [0.3, 0.4) is 0 Å². The molecular weight excluding hydrogens is 198 g/mol. The molecule has 2 aromatic heterocycles. The van der Waals surface area contributed by atoms with Crippen LogP contribution >= 0.6 is 0 Å². The van der Waals surface area contributed by atoms with Gasteiger partial charge in [-0.3, -0.25) is 9.66 Å². The number of nitrogens with zero attached hydrogens (tertiary/aromatic N) is 2. The summed E-state index contributed by atoms with van der Waals surface area (Å²) >= 11 is 0. The van der Waals surface area contributed by atoms with Crippen molar-refractivity contribution in [2.75, 3.05) is 5.43 Å². The SMILES string of the molecule is c1cnc2c(c1)CCCC2Nn1cccc1. The van der Waals surface area contributed by atoms with Crippen molar-refractivity contribution in [3.05, 3.63) is 54.1 Å². The molecule has 0 saturated carbocycles. The Hall–Kier alpha value is -1.77. The molecule has 0 spiro atoms. The Bertz CT molecular complexity index is 462. The van der Waals surface area contributed by atoms with E-state index in [4.69, 9.17) is 0 Å². The second-order valence-corrected chi connectivity index (χ2v) is 4.21. The van der Waals surface area contributed by atoms with Crippen molar-refractivity contribution in [2.45, 2.75) is 25.3 Å². The topological polar surface area (TPSA) is 29.9 Å². The van der Waals surface area contributed by atoms with E-state index in [2.05, 4.69) is 16.5 Å². The fraction of sp³-hybridized carbons (Fsp3) is 0.308. The third kappa shape index (κ3) is 1.69. The first-order chi connectivity index (χ1) is 7.93. The van der Waals surface area contributed by atoms with E-state index in [-0.39, 0.29) is 0 Å². The molecule has 0 bridgehead atoms. The van der Waals surface area contributed by atoms with Gasteiger partial charge in [-0.2, -0.15) is 0 Å². The molecule has 0 amide bonds. The quantitative estimate of drug-likeness (QED) is 0.830. The maximum atomic E-state index is 4.51. The highest BCUT2D eigenvalue weighted by atomic mass is 15.4. The summed E-state index contributed by atoms with van der Waals surface area (Å²) in [5, 5.41) is 0. The molecule has 0 saturated heterocycles. The zero-order valence-electron chi connectivity index (χ0n) is 9.13.